The minimum atomic E-state index is -0.279. The van der Waals surface area contributed by atoms with Crippen LogP contribution in [0.5, 0.6) is 0 Å². The maximum atomic E-state index is 13.9. The Balaban J connectivity index is 2.08. The van der Waals surface area contributed by atoms with E-state index in [0.29, 0.717) is 23.3 Å². The van der Waals surface area contributed by atoms with Crippen molar-refractivity contribution in [1.82, 2.24) is 9.55 Å². The molecule has 1 aliphatic heterocycles. The molecule has 1 aromatic heterocycles. The van der Waals surface area contributed by atoms with Crippen LogP contribution < -0.4 is 0 Å². The summed E-state index contributed by atoms with van der Waals surface area (Å²) in [5, 5.41) is 0. The van der Waals surface area contributed by atoms with Crippen LogP contribution in [0.2, 0.25) is 0 Å². The molecule has 6 heteroatoms. The summed E-state index contributed by atoms with van der Waals surface area (Å²) in [6.07, 6.45) is 2.73. The van der Waals surface area contributed by atoms with Gasteiger partial charge in [-0.25, -0.2) is 9.37 Å². The van der Waals surface area contributed by atoms with Gasteiger partial charge in [0.05, 0.1) is 27.7 Å². The second kappa shape index (κ2) is 5.86. The molecular formula is C15H17BrClFN2O. The van der Waals surface area contributed by atoms with Crippen molar-refractivity contribution >= 4 is 38.6 Å². The Bertz CT molecular complexity index is 667. The van der Waals surface area contributed by atoms with Gasteiger partial charge in [-0.2, -0.15) is 0 Å². The largest absolute Gasteiger partial charge is 0.373 e. The van der Waals surface area contributed by atoms with Gasteiger partial charge in [0.1, 0.15) is 11.6 Å². The van der Waals surface area contributed by atoms with E-state index in [0.717, 1.165) is 36.3 Å². The molecule has 1 saturated heterocycles. The molecule has 1 atom stereocenters. The summed E-state index contributed by atoms with van der Waals surface area (Å²) in [6.45, 7) is 3.57. The van der Waals surface area contributed by atoms with Gasteiger partial charge in [0.2, 0.25) is 0 Å². The van der Waals surface area contributed by atoms with E-state index in [-0.39, 0.29) is 11.4 Å². The van der Waals surface area contributed by atoms with Crippen molar-refractivity contribution < 1.29 is 9.13 Å². The molecule has 0 spiro atoms. The van der Waals surface area contributed by atoms with Gasteiger partial charge < -0.3 is 9.30 Å². The molecule has 21 heavy (non-hydrogen) atoms. The number of nitrogens with zero attached hydrogens (tertiary/aromatic N) is 2. The van der Waals surface area contributed by atoms with Crippen LogP contribution in [0.4, 0.5) is 4.39 Å². The summed E-state index contributed by atoms with van der Waals surface area (Å²) in [6, 6.07) is 3.25. The Labute approximate surface area is 136 Å². The van der Waals surface area contributed by atoms with E-state index < -0.39 is 0 Å². The lowest BCUT2D eigenvalue weighted by Gasteiger charge is -2.25. The van der Waals surface area contributed by atoms with Gasteiger partial charge in [0, 0.05) is 25.0 Å². The number of halogens is 3. The molecule has 0 saturated carbocycles. The number of hydrogen-bond donors (Lipinski definition) is 0. The third kappa shape index (κ3) is 2.96. The maximum absolute atomic E-state index is 13.9. The molecule has 2 heterocycles. The molecule has 0 bridgehead atoms. The first-order valence-corrected chi connectivity index (χ1v) is 8.39. The number of imidazole rings is 1. The van der Waals surface area contributed by atoms with E-state index in [9.17, 15) is 4.39 Å². The number of benzene rings is 1. The molecule has 1 fully saturated rings. The first-order valence-electron chi connectivity index (χ1n) is 7.06. The zero-order valence-corrected chi connectivity index (χ0v) is 14.2. The van der Waals surface area contributed by atoms with Crippen molar-refractivity contribution in [1.29, 1.82) is 0 Å². The van der Waals surface area contributed by atoms with Crippen molar-refractivity contribution in [2.45, 2.75) is 38.3 Å². The zero-order valence-electron chi connectivity index (χ0n) is 11.8. The third-order valence-electron chi connectivity index (χ3n) is 3.98. The number of alkyl halides is 1. The molecule has 1 unspecified atom stereocenters. The average molecular weight is 376 g/mol. The fourth-order valence-corrected chi connectivity index (χ4v) is 3.42. The van der Waals surface area contributed by atoms with E-state index in [2.05, 4.69) is 32.4 Å². The molecule has 1 aliphatic rings. The minimum Gasteiger partial charge on any atom is -0.373 e. The van der Waals surface area contributed by atoms with Crippen LogP contribution in [0, 0.1) is 5.82 Å². The first-order chi connectivity index (χ1) is 10.0. The molecule has 0 radical (unpaired) electrons. The SMILES string of the molecule is CC1(Cn2c(CCCl)nc3cc(Br)c(F)cc32)CCCO1. The highest BCUT2D eigenvalue weighted by molar-refractivity contribution is 9.10. The van der Waals surface area contributed by atoms with Gasteiger partial charge in [0.15, 0.2) is 0 Å². The number of aryl methyl sites for hydroxylation is 1. The van der Waals surface area contributed by atoms with Gasteiger partial charge in [-0.1, -0.05) is 0 Å². The monoisotopic (exact) mass is 374 g/mol. The maximum Gasteiger partial charge on any atom is 0.139 e. The molecular weight excluding hydrogens is 359 g/mol. The van der Waals surface area contributed by atoms with Crippen LogP contribution >= 0.6 is 27.5 Å². The van der Waals surface area contributed by atoms with Gasteiger partial charge >= 0.3 is 0 Å². The number of ether oxygens (including phenoxy) is 1. The lowest BCUT2D eigenvalue weighted by Crippen LogP contribution is -2.30. The molecule has 3 rings (SSSR count). The highest BCUT2D eigenvalue weighted by Crippen LogP contribution is 2.31. The van der Waals surface area contributed by atoms with Crippen molar-refractivity contribution in [3.8, 4) is 0 Å². The second-order valence-corrected chi connectivity index (χ2v) is 6.94. The number of fused-ring (bicyclic) bond motifs is 1. The predicted molar refractivity (Wildman–Crippen MR) is 85.4 cm³/mol. The smallest absolute Gasteiger partial charge is 0.139 e. The second-order valence-electron chi connectivity index (χ2n) is 5.71. The average Bonchev–Trinajstić information content (AvgIpc) is 2.98. The van der Waals surface area contributed by atoms with Gasteiger partial charge in [-0.15, -0.1) is 11.6 Å². The fourth-order valence-electron chi connectivity index (χ4n) is 2.92. The van der Waals surface area contributed by atoms with Crippen LogP contribution in [0.1, 0.15) is 25.6 Å². The molecule has 0 N–H and O–H groups in total. The van der Waals surface area contributed by atoms with E-state index in [1.165, 1.54) is 6.07 Å². The zero-order chi connectivity index (χ0) is 15.0. The molecule has 0 aliphatic carbocycles. The van der Waals surface area contributed by atoms with Crippen molar-refractivity contribution in [3.05, 3.63) is 28.2 Å². The van der Waals surface area contributed by atoms with Gasteiger partial charge in [0.25, 0.3) is 0 Å². The molecule has 0 amide bonds. The topological polar surface area (TPSA) is 27.1 Å². The summed E-state index contributed by atoms with van der Waals surface area (Å²) >= 11 is 9.09. The first kappa shape index (κ1) is 15.3. The van der Waals surface area contributed by atoms with Crippen LogP contribution in [-0.2, 0) is 17.7 Å². The minimum absolute atomic E-state index is 0.210. The third-order valence-corrected chi connectivity index (χ3v) is 4.78. The van der Waals surface area contributed by atoms with E-state index in [1.54, 1.807) is 6.07 Å². The molecule has 1 aromatic carbocycles. The normalized spacial score (nSPS) is 22.3. The molecule has 114 valence electrons. The van der Waals surface area contributed by atoms with Crippen LogP contribution in [0.15, 0.2) is 16.6 Å². The van der Waals surface area contributed by atoms with Gasteiger partial charge in [-0.3, -0.25) is 0 Å². The lowest BCUT2D eigenvalue weighted by molar-refractivity contribution is 0.00652. The molecule has 2 aromatic rings. The Morgan fingerprint density at radius 1 is 1.52 bits per heavy atom. The van der Waals surface area contributed by atoms with E-state index in [1.807, 2.05) is 0 Å². The summed E-state index contributed by atoms with van der Waals surface area (Å²) in [5.41, 5.74) is 1.37. The number of aromatic nitrogens is 2. The standard InChI is InChI=1S/C15H17BrClFN2O/c1-15(4-2-6-21-15)9-20-13-8-11(18)10(16)7-12(13)19-14(20)3-5-17/h7-8H,2-6,9H2,1H3. The van der Waals surface area contributed by atoms with Crippen molar-refractivity contribution in [2.75, 3.05) is 12.5 Å². The predicted octanol–water partition coefficient (Wildman–Crippen LogP) is 4.29. The van der Waals surface area contributed by atoms with Crippen LogP contribution in [0.3, 0.4) is 0 Å². The van der Waals surface area contributed by atoms with E-state index in [4.69, 9.17) is 16.3 Å². The lowest BCUT2D eigenvalue weighted by atomic mass is 10.0. The highest BCUT2D eigenvalue weighted by Gasteiger charge is 2.31. The van der Waals surface area contributed by atoms with Gasteiger partial charge in [-0.05, 0) is 41.8 Å². The Morgan fingerprint density at radius 3 is 3.00 bits per heavy atom. The van der Waals surface area contributed by atoms with Crippen LogP contribution in [0.25, 0.3) is 11.0 Å². The van der Waals surface area contributed by atoms with Crippen LogP contribution in [-0.4, -0.2) is 27.6 Å². The molecule has 3 nitrogen and oxygen atoms in total. The number of rotatable bonds is 4. The highest BCUT2D eigenvalue weighted by atomic mass is 79.9. The summed E-state index contributed by atoms with van der Waals surface area (Å²) in [4.78, 5) is 4.60. The van der Waals surface area contributed by atoms with Crippen molar-refractivity contribution in [2.24, 2.45) is 0 Å². The summed E-state index contributed by atoms with van der Waals surface area (Å²) < 4.78 is 22.2. The summed E-state index contributed by atoms with van der Waals surface area (Å²) in [7, 11) is 0. The fraction of sp³-hybridized carbons (Fsp3) is 0.533. The summed E-state index contributed by atoms with van der Waals surface area (Å²) in [5.74, 6) is 1.10. The Kier molecular flexibility index (Phi) is 4.26. The Morgan fingerprint density at radius 2 is 2.33 bits per heavy atom. The Hall–Kier alpha value is -0.650. The van der Waals surface area contributed by atoms with Crippen molar-refractivity contribution in [3.63, 3.8) is 0 Å². The quantitative estimate of drug-likeness (QED) is 0.746. The number of hydrogen-bond acceptors (Lipinski definition) is 2. The van der Waals surface area contributed by atoms with E-state index >= 15 is 0 Å².